The van der Waals surface area contributed by atoms with Crippen molar-refractivity contribution in [3.63, 3.8) is 0 Å². The lowest BCUT2D eigenvalue weighted by atomic mass is 10.1. The van der Waals surface area contributed by atoms with E-state index in [0.717, 1.165) is 32.1 Å². The summed E-state index contributed by atoms with van der Waals surface area (Å²) < 4.78 is 27.3. The van der Waals surface area contributed by atoms with Gasteiger partial charge in [-0.1, -0.05) is 33.1 Å². The van der Waals surface area contributed by atoms with Gasteiger partial charge in [0.2, 0.25) is 16.0 Å². The van der Waals surface area contributed by atoms with Crippen LogP contribution in [-0.2, 0) is 10.0 Å². The zero-order chi connectivity index (χ0) is 15.0. The number of aromatic nitrogens is 2. The van der Waals surface area contributed by atoms with Gasteiger partial charge in [-0.3, -0.25) is 0 Å². The standard InChI is InChI=1S/C13H24N4O2S/c1-4-6-8-11(7-5-2)17-20(18,19)12-9-15-13(14-3)16-10-12/h9-11,17H,4-8H2,1-3H3,(H,14,15,16). The van der Waals surface area contributed by atoms with E-state index in [0.29, 0.717) is 5.95 Å². The molecule has 1 aromatic rings. The molecular formula is C13H24N4O2S. The van der Waals surface area contributed by atoms with Crippen molar-refractivity contribution in [3.8, 4) is 0 Å². The third-order valence-electron chi connectivity index (χ3n) is 3.03. The van der Waals surface area contributed by atoms with Crippen LogP contribution in [-0.4, -0.2) is 31.5 Å². The molecule has 1 unspecified atom stereocenters. The molecule has 0 spiro atoms. The van der Waals surface area contributed by atoms with Crippen molar-refractivity contribution in [1.82, 2.24) is 14.7 Å². The summed E-state index contributed by atoms with van der Waals surface area (Å²) in [5.41, 5.74) is 0. The van der Waals surface area contributed by atoms with Crippen molar-refractivity contribution in [1.29, 1.82) is 0 Å². The fourth-order valence-electron chi connectivity index (χ4n) is 1.93. The second kappa shape index (κ2) is 8.16. The molecule has 0 amide bonds. The average molecular weight is 300 g/mol. The first-order valence-corrected chi connectivity index (χ1v) is 8.54. The van der Waals surface area contributed by atoms with Crippen molar-refractivity contribution >= 4 is 16.0 Å². The summed E-state index contributed by atoms with van der Waals surface area (Å²) in [5, 5.41) is 2.76. The van der Waals surface area contributed by atoms with Crippen LogP contribution in [0.25, 0.3) is 0 Å². The third-order valence-corrected chi connectivity index (χ3v) is 4.50. The van der Waals surface area contributed by atoms with E-state index in [1.54, 1.807) is 7.05 Å². The minimum absolute atomic E-state index is 0.0195. The maximum Gasteiger partial charge on any atom is 0.243 e. The van der Waals surface area contributed by atoms with Gasteiger partial charge in [0.05, 0.1) is 12.4 Å². The van der Waals surface area contributed by atoms with E-state index in [4.69, 9.17) is 0 Å². The second-order valence-electron chi connectivity index (χ2n) is 4.74. The molecular weight excluding hydrogens is 276 g/mol. The number of hydrogen-bond donors (Lipinski definition) is 2. The molecule has 7 heteroatoms. The van der Waals surface area contributed by atoms with E-state index < -0.39 is 10.0 Å². The summed E-state index contributed by atoms with van der Waals surface area (Å²) in [7, 11) is -1.86. The highest BCUT2D eigenvalue weighted by molar-refractivity contribution is 7.89. The van der Waals surface area contributed by atoms with Crippen LogP contribution in [0.3, 0.4) is 0 Å². The van der Waals surface area contributed by atoms with Crippen LogP contribution in [0.4, 0.5) is 5.95 Å². The predicted molar refractivity (Wildman–Crippen MR) is 80.1 cm³/mol. The Kier molecular flexibility index (Phi) is 6.87. The second-order valence-corrected chi connectivity index (χ2v) is 6.46. The Balaban J connectivity index is 2.79. The summed E-state index contributed by atoms with van der Waals surface area (Å²) in [6, 6.07) is -0.0195. The first-order chi connectivity index (χ1) is 9.53. The highest BCUT2D eigenvalue weighted by atomic mass is 32.2. The zero-order valence-electron chi connectivity index (χ0n) is 12.4. The molecule has 0 aliphatic carbocycles. The van der Waals surface area contributed by atoms with E-state index in [9.17, 15) is 8.42 Å². The number of rotatable bonds is 9. The van der Waals surface area contributed by atoms with Gasteiger partial charge in [0.15, 0.2) is 0 Å². The number of anilines is 1. The lowest BCUT2D eigenvalue weighted by Gasteiger charge is -2.17. The summed E-state index contributed by atoms with van der Waals surface area (Å²) in [5.74, 6) is 0.403. The molecule has 1 aromatic heterocycles. The monoisotopic (exact) mass is 300 g/mol. The molecule has 0 aromatic carbocycles. The molecule has 0 aliphatic rings. The normalized spacial score (nSPS) is 13.2. The highest BCUT2D eigenvalue weighted by Crippen LogP contribution is 2.13. The van der Waals surface area contributed by atoms with Crippen molar-refractivity contribution < 1.29 is 8.42 Å². The first-order valence-electron chi connectivity index (χ1n) is 7.05. The molecule has 114 valence electrons. The fourth-order valence-corrected chi connectivity index (χ4v) is 3.13. The van der Waals surface area contributed by atoms with E-state index in [2.05, 4.69) is 33.9 Å². The molecule has 6 nitrogen and oxygen atoms in total. The Morgan fingerprint density at radius 3 is 2.30 bits per heavy atom. The van der Waals surface area contributed by atoms with Gasteiger partial charge < -0.3 is 5.32 Å². The van der Waals surface area contributed by atoms with E-state index in [-0.39, 0.29) is 10.9 Å². The zero-order valence-corrected chi connectivity index (χ0v) is 13.2. The van der Waals surface area contributed by atoms with E-state index in [1.165, 1.54) is 12.4 Å². The van der Waals surface area contributed by atoms with E-state index in [1.807, 2.05) is 0 Å². The number of unbranched alkanes of at least 4 members (excludes halogenated alkanes) is 1. The molecule has 0 radical (unpaired) electrons. The van der Waals surface area contributed by atoms with Crippen LogP contribution >= 0.6 is 0 Å². The van der Waals surface area contributed by atoms with Crippen LogP contribution in [0.15, 0.2) is 17.3 Å². The molecule has 20 heavy (non-hydrogen) atoms. The minimum Gasteiger partial charge on any atom is -0.357 e. The largest absolute Gasteiger partial charge is 0.357 e. The lowest BCUT2D eigenvalue weighted by Crippen LogP contribution is -2.34. The number of nitrogens with zero attached hydrogens (tertiary/aromatic N) is 2. The molecule has 0 bridgehead atoms. The SMILES string of the molecule is CCCCC(CCC)NS(=O)(=O)c1cnc(NC)nc1. The average Bonchev–Trinajstić information content (AvgIpc) is 2.45. The quantitative estimate of drug-likeness (QED) is 0.730. The maximum absolute atomic E-state index is 12.3. The smallest absolute Gasteiger partial charge is 0.243 e. The topological polar surface area (TPSA) is 84.0 Å². The summed E-state index contributed by atoms with van der Waals surface area (Å²) >= 11 is 0. The Morgan fingerprint density at radius 2 is 1.80 bits per heavy atom. The third kappa shape index (κ3) is 5.05. The van der Waals surface area contributed by atoms with Gasteiger partial charge in [-0.25, -0.2) is 23.1 Å². The van der Waals surface area contributed by atoms with Crippen LogP contribution < -0.4 is 10.0 Å². The van der Waals surface area contributed by atoms with Gasteiger partial charge >= 0.3 is 0 Å². The number of nitrogens with one attached hydrogen (secondary N) is 2. The molecule has 1 heterocycles. The van der Waals surface area contributed by atoms with Crippen molar-refractivity contribution in [3.05, 3.63) is 12.4 Å². The fraction of sp³-hybridized carbons (Fsp3) is 0.692. The Hall–Kier alpha value is -1.21. The van der Waals surface area contributed by atoms with Gasteiger partial charge in [0.1, 0.15) is 4.90 Å². The molecule has 0 saturated heterocycles. The van der Waals surface area contributed by atoms with Crippen LogP contribution in [0, 0.1) is 0 Å². The first kappa shape index (κ1) is 16.8. The summed E-state index contributed by atoms with van der Waals surface area (Å²) in [4.78, 5) is 7.98. The van der Waals surface area contributed by atoms with Gasteiger partial charge in [0, 0.05) is 13.1 Å². The molecule has 0 aliphatic heterocycles. The number of hydrogen-bond acceptors (Lipinski definition) is 5. The Morgan fingerprint density at radius 1 is 1.15 bits per heavy atom. The Labute approximate surface area is 121 Å². The van der Waals surface area contributed by atoms with Crippen LogP contribution in [0.2, 0.25) is 0 Å². The summed E-state index contributed by atoms with van der Waals surface area (Å²) in [6.07, 6.45) is 7.37. The van der Waals surface area contributed by atoms with Crippen molar-refractivity contribution in [2.24, 2.45) is 0 Å². The molecule has 2 N–H and O–H groups in total. The van der Waals surface area contributed by atoms with Crippen LogP contribution in [0.5, 0.6) is 0 Å². The van der Waals surface area contributed by atoms with Crippen molar-refractivity contribution in [2.75, 3.05) is 12.4 Å². The van der Waals surface area contributed by atoms with Crippen LogP contribution in [0.1, 0.15) is 46.0 Å². The van der Waals surface area contributed by atoms with Gasteiger partial charge in [-0.05, 0) is 12.8 Å². The summed E-state index contributed by atoms with van der Waals surface area (Å²) in [6.45, 7) is 4.15. The predicted octanol–water partition coefficient (Wildman–Crippen LogP) is 2.16. The number of sulfonamides is 1. The van der Waals surface area contributed by atoms with Gasteiger partial charge in [-0.2, -0.15) is 0 Å². The highest BCUT2D eigenvalue weighted by Gasteiger charge is 2.20. The molecule has 1 atom stereocenters. The van der Waals surface area contributed by atoms with Crippen molar-refractivity contribution in [2.45, 2.75) is 56.9 Å². The maximum atomic E-state index is 12.3. The molecule has 0 saturated carbocycles. The molecule has 1 rings (SSSR count). The van der Waals surface area contributed by atoms with Gasteiger partial charge in [0.25, 0.3) is 0 Å². The molecule has 0 fully saturated rings. The Bertz CT molecular complexity index is 488. The lowest BCUT2D eigenvalue weighted by molar-refractivity contribution is 0.483. The van der Waals surface area contributed by atoms with Gasteiger partial charge in [-0.15, -0.1) is 0 Å². The minimum atomic E-state index is -3.54. The van der Waals surface area contributed by atoms with E-state index >= 15 is 0 Å².